The molecule has 0 saturated carbocycles. The number of fused-ring (bicyclic) bond motifs is 1. The fourth-order valence-corrected chi connectivity index (χ4v) is 3.24. The summed E-state index contributed by atoms with van der Waals surface area (Å²) >= 11 is 0. The first-order chi connectivity index (χ1) is 8.84. The van der Waals surface area contributed by atoms with Gasteiger partial charge in [-0.2, -0.15) is 0 Å². The maximum Gasteiger partial charge on any atom is 0.0350 e. The molecule has 1 aromatic rings. The van der Waals surface area contributed by atoms with Crippen LogP contribution in [-0.2, 0) is 6.42 Å². The highest BCUT2D eigenvalue weighted by Crippen LogP contribution is 2.34. The summed E-state index contributed by atoms with van der Waals surface area (Å²) in [6.45, 7) is 1.23. The molecule has 0 N–H and O–H groups in total. The van der Waals surface area contributed by atoms with Crippen LogP contribution in [0.1, 0.15) is 18.4 Å². The van der Waals surface area contributed by atoms with Crippen LogP contribution in [0.2, 0.25) is 0 Å². The van der Waals surface area contributed by atoms with Gasteiger partial charge < -0.3 is 0 Å². The number of rotatable bonds is 2. The van der Waals surface area contributed by atoms with Crippen LogP contribution in [0.3, 0.4) is 0 Å². The summed E-state index contributed by atoms with van der Waals surface area (Å²) in [5.74, 6) is 0.792. The summed E-state index contributed by atoms with van der Waals surface area (Å²) < 4.78 is 0. The Morgan fingerprint density at radius 3 is 2.89 bits per heavy atom. The van der Waals surface area contributed by atoms with Gasteiger partial charge in [-0.3, -0.25) is 4.90 Å². The summed E-state index contributed by atoms with van der Waals surface area (Å²) in [6.07, 6.45) is 10.6. The number of benzene rings is 1. The number of hydrogen-bond acceptors (Lipinski definition) is 1. The molecule has 0 aromatic heterocycles. The second-order valence-electron chi connectivity index (χ2n) is 5.50. The zero-order valence-electron chi connectivity index (χ0n) is 11.0. The average Bonchev–Trinajstić information content (AvgIpc) is 2.43. The van der Waals surface area contributed by atoms with Crippen molar-refractivity contribution < 1.29 is 0 Å². The van der Waals surface area contributed by atoms with E-state index in [1.165, 1.54) is 24.9 Å². The first-order valence-corrected chi connectivity index (χ1v) is 6.95. The lowest BCUT2D eigenvalue weighted by molar-refractivity contribution is 0.200. The minimum absolute atomic E-state index is 0.594. The van der Waals surface area contributed by atoms with E-state index in [0.717, 1.165) is 12.3 Å². The van der Waals surface area contributed by atoms with Gasteiger partial charge in [0, 0.05) is 6.04 Å². The van der Waals surface area contributed by atoms with E-state index in [2.05, 4.69) is 60.5 Å². The number of likely N-dealkylation sites (tertiary alicyclic amines) is 1. The second kappa shape index (κ2) is 5.11. The molecule has 2 unspecified atom stereocenters. The van der Waals surface area contributed by atoms with Crippen LogP contribution in [0.25, 0.3) is 0 Å². The smallest absolute Gasteiger partial charge is 0.0350 e. The molecule has 18 heavy (non-hydrogen) atoms. The van der Waals surface area contributed by atoms with Gasteiger partial charge in [-0.1, -0.05) is 48.6 Å². The summed E-state index contributed by atoms with van der Waals surface area (Å²) in [5, 5.41) is 0. The van der Waals surface area contributed by atoms with Gasteiger partial charge in [-0.15, -0.1) is 0 Å². The van der Waals surface area contributed by atoms with Crippen LogP contribution in [0.15, 0.2) is 54.1 Å². The van der Waals surface area contributed by atoms with Crippen molar-refractivity contribution >= 4 is 0 Å². The Kier molecular flexibility index (Phi) is 3.33. The third-order valence-electron chi connectivity index (χ3n) is 4.34. The van der Waals surface area contributed by atoms with Crippen molar-refractivity contribution in [3.63, 3.8) is 0 Å². The fourth-order valence-electron chi connectivity index (χ4n) is 3.24. The summed E-state index contributed by atoms with van der Waals surface area (Å²) in [7, 11) is 2.27. The van der Waals surface area contributed by atoms with Gasteiger partial charge in [-0.25, -0.2) is 0 Å². The maximum absolute atomic E-state index is 2.52. The third kappa shape index (κ3) is 2.28. The molecule has 1 fully saturated rings. The molecule has 0 spiro atoms. The summed E-state index contributed by atoms with van der Waals surface area (Å²) in [6, 6.07) is 11.5. The maximum atomic E-state index is 2.52. The number of allylic oxidation sites excluding steroid dienone is 3. The lowest BCUT2D eigenvalue weighted by Crippen LogP contribution is -2.43. The molecule has 3 rings (SSSR count). The molecular formula is C17H21N. The first kappa shape index (κ1) is 11.7. The van der Waals surface area contributed by atoms with Gasteiger partial charge in [0.1, 0.15) is 0 Å². The lowest BCUT2D eigenvalue weighted by atomic mass is 9.79. The predicted molar refractivity (Wildman–Crippen MR) is 76.5 cm³/mol. The standard InChI is InChI=1S/C17H21N/c1-18-12-11-15-9-5-6-10-16(15)17(18)13-14-7-3-2-4-8-14/h2-8,10,15,17H,9,11-13H2,1H3. The van der Waals surface area contributed by atoms with Gasteiger partial charge in [-0.05, 0) is 49.9 Å². The lowest BCUT2D eigenvalue weighted by Gasteiger charge is -2.40. The molecule has 1 aliphatic carbocycles. The van der Waals surface area contributed by atoms with E-state index in [1.54, 1.807) is 5.57 Å². The van der Waals surface area contributed by atoms with Crippen molar-refractivity contribution in [3.05, 3.63) is 59.7 Å². The largest absolute Gasteiger partial charge is 0.299 e. The first-order valence-electron chi connectivity index (χ1n) is 6.95. The third-order valence-corrected chi connectivity index (χ3v) is 4.34. The molecule has 1 nitrogen and oxygen atoms in total. The quantitative estimate of drug-likeness (QED) is 0.764. The molecule has 94 valence electrons. The van der Waals surface area contributed by atoms with Crippen molar-refractivity contribution in [3.8, 4) is 0 Å². The van der Waals surface area contributed by atoms with E-state index in [1.807, 2.05) is 0 Å². The zero-order valence-corrected chi connectivity index (χ0v) is 11.0. The predicted octanol–water partition coefficient (Wildman–Crippen LogP) is 3.44. The van der Waals surface area contributed by atoms with Crippen molar-refractivity contribution in [1.82, 2.24) is 4.90 Å². The van der Waals surface area contributed by atoms with Crippen LogP contribution in [0, 0.1) is 5.92 Å². The normalized spacial score (nSPS) is 27.7. The van der Waals surface area contributed by atoms with E-state index < -0.39 is 0 Å². The van der Waals surface area contributed by atoms with Crippen LogP contribution >= 0.6 is 0 Å². The highest BCUT2D eigenvalue weighted by Gasteiger charge is 2.30. The molecule has 2 aliphatic rings. The van der Waals surface area contributed by atoms with Gasteiger partial charge in [0.05, 0.1) is 0 Å². The van der Waals surface area contributed by atoms with Crippen molar-refractivity contribution in [2.45, 2.75) is 25.3 Å². The molecule has 2 atom stereocenters. The number of nitrogens with zero attached hydrogens (tertiary/aromatic N) is 1. The molecular weight excluding hydrogens is 218 g/mol. The van der Waals surface area contributed by atoms with E-state index in [-0.39, 0.29) is 0 Å². The van der Waals surface area contributed by atoms with Crippen LogP contribution in [0.4, 0.5) is 0 Å². The Balaban J connectivity index is 1.83. The second-order valence-corrected chi connectivity index (χ2v) is 5.50. The zero-order chi connectivity index (χ0) is 12.4. The van der Waals surface area contributed by atoms with Crippen LogP contribution < -0.4 is 0 Å². The SMILES string of the molecule is CN1CCC2CC=CC=C2C1Cc1ccccc1. The summed E-state index contributed by atoms with van der Waals surface area (Å²) in [4.78, 5) is 2.52. The number of hydrogen-bond donors (Lipinski definition) is 0. The minimum Gasteiger partial charge on any atom is -0.299 e. The Morgan fingerprint density at radius 1 is 1.22 bits per heavy atom. The molecule has 1 aromatic carbocycles. The topological polar surface area (TPSA) is 3.24 Å². The van der Waals surface area contributed by atoms with Crippen LogP contribution in [0.5, 0.6) is 0 Å². The molecule has 1 heterocycles. The van der Waals surface area contributed by atoms with E-state index >= 15 is 0 Å². The average molecular weight is 239 g/mol. The minimum atomic E-state index is 0.594. The Hall–Kier alpha value is -1.34. The molecule has 1 heteroatoms. The highest BCUT2D eigenvalue weighted by molar-refractivity contribution is 5.30. The molecule has 0 amide bonds. The van der Waals surface area contributed by atoms with E-state index in [4.69, 9.17) is 0 Å². The molecule has 0 radical (unpaired) electrons. The van der Waals surface area contributed by atoms with Crippen LogP contribution in [-0.4, -0.2) is 24.5 Å². The summed E-state index contributed by atoms with van der Waals surface area (Å²) in [5.41, 5.74) is 3.10. The van der Waals surface area contributed by atoms with Gasteiger partial charge in [0.25, 0.3) is 0 Å². The highest BCUT2D eigenvalue weighted by atomic mass is 15.1. The van der Waals surface area contributed by atoms with Gasteiger partial charge in [0.15, 0.2) is 0 Å². The molecule has 1 aliphatic heterocycles. The number of likely N-dealkylation sites (N-methyl/N-ethyl adjacent to an activating group) is 1. The molecule has 1 saturated heterocycles. The molecule has 0 bridgehead atoms. The number of piperidine rings is 1. The van der Waals surface area contributed by atoms with Crippen molar-refractivity contribution in [1.29, 1.82) is 0 Å². The Labute approximate surface area is 110 Å². The van der Waals surface area contributed by atoms with E-state index in [0.29, 0.717) is 6.04 Å². The van der Waals surface area contributed by atoms with Gasteiger partial charge >= 0.3 is 0 Å². The Bertz CT molecular complexity index is 458. The monoisotopic (exact) mass is 239 g/mol. The Morgan fingerprint density at radius 2 is 2.06 bits per heavy atom. The van der Waals surface area contributed by atoms with Crippen molar-refractivity contribution in [2.75, 3.05) is 13.6 Å². The van der Waals surface area contributed by atoms with Crippen molar-refractivity contribution in [2.24, 2.45) is 5.92 Å². The van der Waals surface area contributed by atoms with Gasteiger partial charge in [0.2, 0.25) is 0 Å². The fraction of sp³-hybridized carbons (Fsp3) is 0.412. The van der Waals surface area contributed by atoms with E-state index in [9.17, 15) is 0 Å².